The summed E-state index contributed by atoms with van der Waals surface area (Å²) in [4.78, 5) is 9.63. The number of benzene rings is 1. The van der Waals surface area contributed by atoms with E-state index in [9.17, 15) is 4.39 Å². The minimum Gasteiger partial charge on any atom is -0.477 e. The van der Waals surface area contributed by atoms with Gasteiger partial charge in [-0.2, -0.15) is 0 Å². The second-order valence-corrected chi connectivity index (χ2v) is 9.37. The lowest BCUT2D eigenvalue weighted by Gasteiger charge is -2.36. The highest BCUT2D eigenvalue weighted by Crippen LogP contribution is 2.31. The van der Waals surface area contributed by atoms with Gasteiger partial charge in [0.15, 0.2) is 5.06 Å². The lowest BCUT2D eigenvalue weighted by Crippen LogP contribution is -2.50. The third kappa shape index (κ3) is 4.97. The lowest BCUT2D eigenvalue weighted by molar-refractivity contribution is 0.0853. The molecule has 1 saturated heterocycles. The number of alkyl halides is 1. The molecule has 2 aromatic heterocycles. The van der Waals surface area contributed by atoms with Gasteiger partial charge >= 0.3 is 0 Å². The molecule has 29 heavy (non-hydrogen) atoms. The highest BCUT2D eigenvalue weighted by Gasteiger charge is 2.30. The Labute approximate surface area is 175 Å². The zero-order valence-corrected chi connectivity index (χ0v) is 18.1. The number of ether oxygens (including phenoxy) is 1. The van der Waals surface area contributed by atoms with Crippen LogP contribution in [0, 0.1) is 0 Å². The Morgan fingerprint density at radius 2 is 2.10 bits per heavy atom. The fourth-order valence-corrected chi connectivity index (χ4v) is 4.41. The average molecular weight is 417 g/mol. The first kappa shape index (κ1) is 20.3. The molecule has 0 saturated carbocycles. The number of aromatic nitrogens is 2. The van der Waals surface area contributed by atoms with Gasteiger partial charge in [-0.05, 0) is 38.8 Å². The van der Waals surface area contributed by atoms with Crippen LogP contribution < -0.4 is 10.1 Å². The number of fused-ring (bicyclic) bond motifs is 3. The molecule has 1 aromatic carbocycles. The summed E-state index contributed by atoms with van der Waals surface area (Å²) in [5, 5.41) is 5.38. The Morgan fingerprint density at radius 1 is 1.31 bits per heavy atom. The van der Waals surface area contributed by atoms with Crippen molar-refractivity contribution in [1.82, 2.24) is 20.2 Å². The molecule has 7 heteroatoms. The smallest absolute Gasteiger partial charge is 0.194 e. The van der Waals surface area contributed by atoms with Gasteiger partial charge in [0.25, 0.3) is 0 Å². The van der Waals surface area contributed by atoms with Crippen molar-refractivity contribution in [3.63, 3.8) is 0 Å². The van der Waals surface area contributed by atoms with Crippen molar-refractivity contribution in [1.29, 1.82) is 0 Å². The van der Waals surface area contributed by atoms with Crippen molar-refractivity contribution >= 4 is 22.2 Å². The highest BCUT2D eigenvalue weighted by molar-refractivity contribution is 7.11. The number of rotatable bonds is 4. The van der Waals surface area contributed by atoms with Crippen molar-refractivity contribution in [3.05, 3.63) is 47.2 Å². The molecule has 1 unspecified atom stereocenters. The van der Waals surface area contributed by atoms with Crippen LogP contribution in [0.3, 0.4) is 0 Å². The maximum Gasteiger partial charge on any atom is 0.194 e. The standard InChI is InChI=1S/C16H21FN2.C6H8N2OS/c1-11-8-13-12-6-4-5-7-14(12)18-15(13)9-19(11)10-16(2,3)17;1-5(2-7-1)9-6-3-8-4-10-6/h4-7,11,18H,8-10H2,1-3H3;3-5,7H,1-2H2. The fourth-order valence-electron chi connectivity index (χ4n) is 3.87. The van der Waals surface area contributed by atoms with Crippen LogP contribution in [0.5, 0.6) is 5.06 Å². The number of para-hydroxylation sites is 1. The summed E-state index contributed by atoms with van der Waals surface area (Å²) in [5.74, 6) is 0. The molecule has 0 bridgehead atoms. The predicted molar refractivity (Wildman–Crippen MR) is 116 cm³/mol. The van der Waals surface area contributed by atoms with Gasteiger partial charge in [0.1, 0.15) is 11.8 Å². The Bertz CT molecular complexity index is 930. The molecule has 1 atom stereocenters. The molecule has 156 valence electrons. The van der Waals surface area contributed by atoms with E-state index < -0.39 is 5.67 Å². The molecule has 0 radical (unpaired) electrons. The van der Waals surface area contributed by atoms with Gasteiger partial charge in [-0.15, -0.1) is 0 Å². The zero-order chi connectivity index (χ0) is 20.4. The van der Waals surface area contributed by atoms with E-state index in [4.69, 9.17) is 4.74 Å². The number of hydrogen-bond donors (Lipinski definition) is 2. The fraction of sp³-hybridized carbons (Fsp3) is 0.500. The van der Waals surface area contributed by atoms with E-state index in [1.165, 1.54) is 33.5 Å². The quantitative estimate of drug-likeness (QED) is 0.671. The molecular formula is C22H29FN4OS. The maximum absolute atomic E-state index is 13.9. The van der Waals surface area contributed by atoms with Crippen molar-refractivity contribution in [3.8, 4) is 5.06 Å². The van der Waals surface area contributed by atoms with E-state index >= 15 is 0 Å². The number of thiazole rings is 1. The van der Waals surface area contributed by atoms with Crippen LogP contribution in [0.4, 0.5) is 4.39 Å². The maximum atomic E-state index is 13.9. The van der Waals surface area contributed by atoms with E-state index in [1.54, 1.807) is 25.6 Å². The summed E-state index contributed by atoms with van der Waals surface area (Å²) in [6.07, 6.45) is 3.12. The SMILES string of the molecule is CC1Cc2c([nH]c3ccccc23)CN1CC(C)(C)F.c1ncc(OC2CNC2)s1. The van der Waals surface area contributed by atoms with Crippen LogP contribution in [-0.2, 0) is 13.0 Å². The number of H-pyrrole nitrogens is 1. The Morgan fingerprint density at radius 3 is 2.76 bits per heavy atom. The molecule has 0 amide bonds. The van der Waals surface area contributed by atoms with Gasteiger partial charge < -0.3 is 15.0 Å². The number of aromatic amines is 1. The second-order valence-electron chi connectivity index (χ2n) is 8.52. The summed E-state index contributed by atoms with van der Waals surface area (Å²) in [5.41, 5.74) is 4.50. The molecular weight excluding hydrogens is 387 g/mol. The first-order valence-electron chi connectivity index (χ1n) is 10.2. The molecule has 0 spiro atoms. The van der Waals surface area contributed by atoms with E-state index in [2.05, 4.69) is 51.4 Å². The van der Waals surface area contributed by atoms with Crippen LogP contribution in [0.2, 0.25) is 0 Å². The summed E-state index contributed by atoms with van der Waals surface area (Å²) in [6.45, 7) is 8.74. The highest BCUT2D eigenvalue weighted by atomic mass is 32.1. The van der Waals surface area contributed by atoms with Crippen LogP contribution >= 0.6 is 11.3 Å². The summed E-state index contributed by atoms with van der Waals surface area (Å²) in [7, 11) is 0. The van der Waals surface area contributed by atoms with Crippen molar-refractivity contribution in [2.24, 2.45) is 0 Å². The minimum absolute atomic E-state index is 0.375. The van der Waals surface area contributed by atoms with Crippen LogP contribution in [0.25, 0.3) is 10.9 Å². The topological polar surface area (TPSA) is 53.2 Å². The third-order valence-electron chi connectivity index (χ3n) is 5.40. The van der Waals surface area contributed by atoms with E-state index in [0.717, 1.165) is 31.1 Å². The molecule has 2 N–H and O–H groups in total. The molecule has 1 fully saturated rings. The van der Waals surface area contributed by atoms with Gasteiger partial charge in [0.05, 0.1) is 11.7 Å². The molecule has 5 nitrogen and oxygen atoms in total. The number of halogens is 1. The van der Waals surface area contributed by atoms with E-state index in [1.807, 2.05) is 0 Å². The van der Waals surface area contributed by atoms with Gasteiger partial charge in [-0.1, -0.05) is 29.5 Å². The van der Waals surface area contributed by atoms with E-state index in [0.29, 0.717) is 18.7 Å². The summed E-state index contributed by atoms with van der Waals surface area (Å²) in [6, 6.07) is 8.81. The second kappa shape index (κ2) is 8.42. The molecule has 3 aromatic rings. The van der Waals surface area contributed by atoms with Gasteiger partial charge in [-0.25, -0.2) is 9.37 Å². The third-order valence-corrected chi connectivity index (χ3v) is 6.06. The van der Waals surface area contributed by atoms with Crippen molar-refractivity contribution in [2.45, 2.75) is 51.6 Å². The van der Waals surface area contributed by atoms with Gasteiger partial charge in [-0.3, -0.25) is 4.90 Å². The zero-order valence-electron chi connectivity index (χ0n) is 17.2. The lowest BCUT2D eigenvalue weighted by atomic mass is 9.96. The number of hydrogen-bond acceptors (Lipinski definition) is 5. The molecule has 2 aliphatic heterocycles. The molecule has 0 aliphatic carbocycles. The summed E-state index contributed by atoms with van der Waals surface area (Å²) < 4.78 is 19.4. The van der Waals surface area contributed by atoms with Crippen molar-refractivity contribution < 1.29 is 9.13 Å². The van der Waals surface area contributed by atoms with Gasteiger partial charge in [0, 0.05) is 48.8 Å². The van der Waals surface area contributed by atoms with Crippen LogP contribution in [0.1, 0.15) is 32.0 Å². The van der Waals surface area contributed by atoms with E-state index in [-0.39, 0.29) is 0 Å². The molecule has 5 rings (SSSR count). The Kier molecular flexibility index (Phi) is 5.90. The molecule has 2 aliphatic rings. The van der Waals surface area contributed by atoms with Crippen molar-refractivity contribution in [2.75, 3.05) is 19.6 Å². The van der Waals surface area contributed by atoms with Gasteiger partial charge in [0.2, 0.25) is 0 Å². The van der Waals surface area contributed by atoms with Crippen LogP contribution in [0.15, 0.2) is 36.0 Å². The monoisotopic (exact) mass is 416 g/mol. The first-order valence-corrected chi connectivity index (χ1v) is 11.0. The summed E-state index contributed by atoms with van der Waals surface area (Å²) >= 11 is 1.54. The largest absolute Gasteiger partial charge is 0.477 e. The Balaban J connectivity index is 0.000000171. The number of nitrogens with one attached hydrogen (secondary N) is 2. The minimum atomic E-state index is -1.14. The first-order chi connectivity index (χ1) is 13.9. The normalized spacial score (nSPS) is 19.9. The molecule has 4 heterocycles. The predicted octanol–water partition coefficient (Wildman–Crippen LogP) is 4.16. The Hall–Kier alpha value is -1.96. The average Bonchev–Trinajstić information content (AvgIpc) is 3.25. The number of nitrogens with zero attached hydrogens (tertiary/aromatic N) is 2. The van der Waals surface area contributed by atoms with Crippen LogP contribution in [-0.4, -0.2) is 52.3 Å².